The van der Waals surface area contributed by atoms with E-state index < -0.39 is 0 Å². The van der Waals surface area contributed by atoms with E-state index in [1.807, 2.05) is 12.1 Å². The number of ether oxygens (including phenoxy) is 3. The van der Waals surface area contributed by atoms with Crippen LogP contribution in [-0.2, 0) is 11.3 Å². The van der Waals surface area contributed by atoms with Crippen LogP contribution >= 0.6 is 24.0 Å². The zero-order chi connectivity index (χ0) is 19.8. The maximum absolute atomic E-state index is 11.2. The van der Waals surface area contributed by atoms with Crippen molar-refractivity contribution < 1.29 is 19.0 Å². The number of benzene rings is 1. The van der Waals surface area contributed by atoms with E-state index in [-0.39, 0.29) is 35.8 Å². The summed E-state index contributed by atoms with van der Waals surface area (Å²) in [5.41, 5.74) is 6.29. The number of methoxy groups -OCH3 is 3. The van der Waals surface area contributed by atoms with Crippen LogP contribution in [0, 0.1) is 5.92 Å². The molecule has 1 saturated heterocycles. The minimum absolute atomic E-state index is 0. The summed E-state index contributed by atoms with van der Waals surface area (Å²) >= 11 is 0. The van der Waals surface area contributed by atoms with Gasteiger partial charge >= 0.3 is 0 Å². The van der Waals surface area contributed by atoms with Gasteiger partial charge in [0.2, 0.25) is 5.91 Å². The normalized spacial score (nSPS) is 16.8. The van der Waals surface area contributed by atoms with Crippen molar-refractivity contribution in [2.45, 2.75) is 25.8 Å². The number of nitrogens with two attached hydrogens (primary N) is 1. The molecule has 9 heteroatoms. The number of nitrogens with zero attached hydrogens (tertiary/aromatic N) is 2. The molecular weight excluding hydrogens is 475 g/mol. The third kappa shape index (κ3) is 6.32. The fourth-order valence-corrected chi connectivity index (χ4v) is 3.45. The summed E-state index contributed by atoms with van der Waals surface area (Å²) in [6.45, 7) is 2.19. The Bertz CT molecular complexity index is 684. The molecule has 1 aliphatic heterocycles. The average molecular weight is 506 g/mol. The topological polar surface area (TPSA) is 98.4 Å². The van der Waals surface area contributed by atoms with E-state index in [0.717, 1.165) is 37.5 Å². The lowest BCUT2D eigenvalue weighted by atomic mass is 9.95. The highest BCUT2D eigenvalue weighted by molar-refractivity contribution is 14.0. The molecule has 1 aromatic rings. The van der Waals surface area contributed by atoms with Crippen molar-refractivity contribution in [3.8, 4) is 17.2 Å². The summed E-state index contributed by atoms with van der Waals surface area (Å²) in [6.07, 6.45) is 2.44. The van der Waals surface area contributed by atoms with Crippen LogP contribution in [0.4, 0.5) is 0 Å². The molecule has 0 bridgehead atoms. The minimum Gasteiger partial charge on any atom is -0.496 e. The molecule has 3 N–H and O–H groups in total. The fourth-order valence-electron chi connectivity index (χ4n) is 3.45. The summed E-state index contributed by atoms with van der Waals surface area (Å²) in [4.78, 5) is 17.8. The number of likely N-dealkylation sites (tertiary alicyclic amines) is 1. The third-order valence-corrected chi connectivity index (χ3v) is 4.74. The highest BCUT2D eigenvalue weighted by Crippen LogP contribution is 2.34. The lowest BCUT2D eigenvalue weighted by molar-refractivity contribution is -0.119. The van der Waals surface area contributed by atoms with Crippen LogP contribution in [0.3, 0.4) is 0 Å². The number of carbonyl (C=O) groups is 1. The van der Waals surface area contributed by atoms with Crippen molar-refractivity contribution in [3.05, 3.63) is 17.7 Å². The fraction of sp³-hybridized carbons (Fsp3) is 0.579. The van der Waals surface area contributed by atoms with Gasteiger partial charge in [0.1, 0.15) is 5.75 Å². The van der Waals surface area contributed by atoms with Crippen LogP contribution in [-0.4, -0.2) is 58.2 Å². The zero-order valence-electron chi connectivity index (χ0n) is 17.0. The number of halogens is 1. The molecule has 1 atom stereocenters. The Morgan fingerprint density at radius 2 is 1.86 bits per heavy atom. The zero-order valence-corrected chi connectivity index (χ0v) is 19.3. The summed E-state index contributed by atoms with van der Waals surface area (Å²) in [6, 6.07) is 3.70. The quantitative estimate of drug-likeness (QED) is 0.334. The van der Waals surface area contributed by atoms with Gasteiger partial charge in [0, 0.05) is 44.7 Å². The highest BCUT2D eigenvalue weighted by atomic mass is 127. The van der Waals surface area contributed by atoms with Crippen molar-refractivity contribution in [2.24, 2.45) is 16.6 Å². The number of nitrogens with one attached hydrogen (secondary N) is 1. The molecule has 1 aromatic carbocycles. The van der Waals surface area contributed by atoms with Crippen LogP contribution < -0.4 is 25.3 Å². The SMILES string of the molecule is CN=C(NCc1cc(OC)c(OC)cc1OC)N1CCCC(CC(N)=O)C1.I. The van der Waals surface area contributed by atoms with Crippen LogP contribution in [0.15, 0.2) is 17.1 Å². The highest BCUT2D eigenvalue weighted by Gasteiger charge is 2.23. The Labute approximate surface area is 183 Å². The van der Waals surface area contributed by atoms with E-state index in [2.05, 4.69) is 15.2 Å². The maximum atomic E-state index is 11.2. The summed E-state index contributed by atoms with van der Waals surface area (Å²) in [7, 11) is 6.58. The van der Waals surface area contributed by atoms with E-state index >= 15 is 0 Å². The van der Waals surface area contributed by atoms with Crippen LogP contribution in [0.2, 0.25) is 0 Å². The minimum atomic E-state index is -0.250. The predicted octanol–water partition coefficient (Wildman–Crippen LogP) is 1.99. The van der Waals surface area contributed by atoms with Gasteiger partial charge in [-0.15, -0.1) is 24.0 Å². The van der Waals surface area contributed by atoms with Crippen LogP contribution in [0.5, 0.6) is 17.2 Å². The predicted molar refractivity (Wildman–Crippen MR) is 120 cm³/mol. The van der Waals surface area contributed by atoms with E-state index in [9.17, 15) is 4.79 Å². The molecule has 1 amide bonds. The second-order valence-electron chi connectivity index (χ2n) is 6.54. The smallest absolute Gasteiger partial charge is 0.217 e. The number of primary amides is 1. The van der Waals surface area contributed by atoms with Crippen LogP contribution in [0.25, 0.3) is 0 Å². The molecule has 0 spiro atoms. The largest absolute Gasteiger partial charge is 0.496 e. The lowest BCUT2D eigenvalue weighted by Crippen LogP contribution is -2.46. The summed E-state index contributed by atoms with van der Waals surface area (Å²) in [5, 5.41) is 3.38. The monoisotopic (exact) mass is 506 g/mol. The van der Waals surface area contributed by atoms with Gasteiger partial charge < -0.3 is 30.2 Å². The van der Waals surface area contributed by atoms with E-state index in [4.69, 9.17) is 19.9 Å². The van der Waals surface area contributed by atoms with Gasteiger partial charge in [-0.25, -0.2) is 0 Å². The van der Waals surface area contributed by atoms with Gasteiger partial charge in [0.05, 0.1) is 21.3 Å². The van der Waals surface area contributed by atoms with Gasteiger partial charge in [-0.3, -0.25) is 9.79 Å². The van der Waals surface area contributed by atoms with Crippen molar-refractivity contribution in [2.75, 3.05) is 41.5 Å². The number of hydrogen-bond acceptors (Lipinski definition) is 5. The molecule has 0 saturated carbocycles. The van der Waals surface area contributed by atoms with Crippen molar-refractivity contribution in [1.82, 2.24) is 10.2 Å². The van der Waals surface area contributed by atoms with Gasteiger partial charge in [-0.05, 0) is 24.8 Å². The number of rotatable bonds is 7. The van der Waals surface area contributed by atoms with Gasteiger partial charge in [0.25, 0.3) is 0 Å². The van der Waals surface area contributed by atoms with Crippen molar-refractivity contribution >= 4 is 35.8 Å². The second kappa shape index (κ2) is 11.8. The first-order valence-electron chi connectivity index (χ1n) is 9.05. The van der Waals surface area contributed by atoms with Crippen LogP contribution in [0.1, 0.15) is 24.8 Å². The first-order chi connectivity index (χ1) is 13.0. The number of guanidine groups is 1. The number of amides is 1. The number of aliphatic imine (C=N–C) groups is 1. The van der Waals surface area contributed by atoms with E-state index in [0.29, 0.717) is 30.2 Å². The molecule has 0 aliphatic carbocycles. The third-order valence-electron chi connectivity index (χ3n) is 4.74. The molecule has 2 rings (SSSR count). The molecule has 8 nitrogen and oxygen atoms in total. The van der Waals surface area contributed by atoms with E-state index in [1.165, 1.54) is 0 Å². The first-order valence-corrected chi connectivity index (χ1v) is 9.05. The Balaban J connectivity index is 0.00000392. The molecule has 158 valence electrons. The summed E-state index contributed by atoms with van der Waals surface area (Å²) < 4.78 is 16.2. The molecule has 1 unspecified atom stereocenters. The van der Waals surface area contributed by atoms with E-state index in [1.54, 1.807) is 28.4 Å². The van der Waals surface area contributed by atoms with Gasteiger partial charge in [-0.1, -0.05) is 0 Å². The van der Waals surface area contributed by atoms with Crippen molar-refractivity contribution in [1.29, 1.82) is 0 Å². The molecule has 0 aromatic heterocycles. The lowest BCUT2D eigenvalue weighted by Gasteiger charge is -2.34. The Morgan fingerprint density at radius 3 is 2.43 bits per heavy atom. The number of piperidine rings is 1. The van der Waals surface area contributed by atoms with Gasteiger partial charge in [0.15, 0.2) is 17.5 Å². The van der Waals surface area contributed by atoms with Crippen molar-refractivity contribution in [3.63, 3.8) is 0 Å². The maximum Gasteiger partial charge on any atom is 0.217 e. The second-order valence-corrected chi connectivity index (χ2v) is 6.54. The Morgan fingerprint density at radius 1 is 1.21 bits per heavy atom. The number of hydrogen-bond donors (Lipinski definition) is 2. The summed E-state index contributed by atoms with van der Waals surface area (Å²) in [5.74, 6) is 2.78. The standard InChI is InChI=1S/C19H30N4O4.HI/c1-21-19(23-7-5-6-13(12-23)8-18(20)24)22-11-14-9-16(26-3)17(27-4)10-15(14)25-2;/h9-10,13H,5-8,11-12H2,1-4H3,(H2,20,24)(H,21,22);1H. The van der Waals surface area contributed by atoms with Gasteiger partial charge in [-0.2, -0.15) is 0 Å². The average Bonchev–Trinajstić information content (AvgIpc) is 2.67. The molecule has 1 fully saturated rings. The Kier molecular flexibility index (Phi) is 10.2. The Hall–Kier alpha value is -1.91. The molecule has 1 aliphatic rings. The molecule has 28 heavy (non-hydrogen) atoms. The molecular formula is C19H31IN4O4. The number of carbonyl (C=O) groups excluding carboxylic acids is 1. The molecule has 0 radical (unpaired) electrons. The first kappa shape index (κ1) is 24.1. The molecule has 1 heterocycles.